The molecule has 0 radical (unpaired) electrons. The van der Waals surface area contributed by atoms with Crippen molar-refractivity contribution in [2.24, 2.45) is 0 Å². The van der Waals surface area contributed by atoms with Crippen LogP contribution in [0.1, 0.15) is 6.92 Å². The number of aromatic hydroxyl groups is 3. The van der Waals surface area contributed by atoms with Gasteiger partial charge >= 0.3 is 0 Å². The Morgan fingerprint density at radius 2 is 1.40 bits per heavy atom. The van der Waals surface area contributed by atoms with Crippen LogP contribution < -0.4 is 10.2 Å². The fourth-order valence-corrected chi connectivity index (χ4v) is 4.79. The van der Waals surface area contributed by atoms with Crippen molar-refractivity contribution in [3.05, 3.63) is 46.6 Å². The van der Waals surface area contributed by atoms with E-state index in [1.807, 2.05) is 0 Å². The molecule has 0 amide bonds. The number of phenols is 3. The third-order valence-corrected chi connectivity index (χ3v) is 7.18. The normalized spacial score (nSPS) is 33.5. The van der Waals surface area contributed by atoms with Crippen molar-refractivity contribution in [2.45, 2.75) is 68.3 Å². The largest absolute Gasteiger partial charge is 0.508 e. The molecule has 2 aliphatic rings. The van der Waals surface area contributed by atoms with E-state index in [1.165, 1.54) is 31.2 Å². The summed E-state index contributed by atoms with van der Waals surface area (Å²) in [6.45, 7) is 0.866. The van der Waals surface area contributed by atoms with Gasteiger partial charge in [-0.2, -0.15) is 0 Å². The molecule has 0 saturated carbocycles. The van der Waals surface area contributed by atoms with Crippen molar-refractivity contribution in [2.75, 3.05) is 6.61 Å². The first-order valence-electron chi connectivity index (χ1n) is 12.9. The summed E-state index contributed by atoms with van der Waals surface area (Å²) in [4.78, 5) is 13.5. The molecule has 9 N–H and O–H groups in total. The van der Waals surface area contributed by atoms with Crippen LogP contribution in [0, 0.1) is 0 Å². The van der Waals surface area contributed by atoms with Gasteiger partial charge in [0, 0.05) is 17.7 Å². The van der Waals surface area contributed by atoms with Gasteiger partial charge in [0.25, 0.3) is 0 Å². The number of phenolic OH excluding ortho intramolecular Hbond substituents is 3. The van der Waals surface area contributed by atoms with Crippen molar-refractivity contribution >= 4 is 11.0 Å². The average molecular weight is 595 g/mol. The van der Waals surface area contributed by atoms with Crippen LogP contribution in [-0.4, -0.2) is 114 Å². The van der Waals surface area contributed by atoms with Crippen LogP contribution in [0.5, 0.6) is 23.0 Å². The van der Waals surface area contributed by atoms with Crippen molar-refractivity contribution in [3.63, 3.8) is 0 Å². The molecule has 2 aromatic carbocycles. The molecular formula is C27H30O15. The maximum absolute atomic E-state index is 13.5. The summed E-state index contributed by atoms with van der Waals surface area (Å²) in [5, 5.41) is 91.4. The summed E-state index contributed by atoms with van der Waals surface area (Å²) in [7, 11) is 0. The Kier molecular flexibility index (Phi) is 8.30. The van der Waals surface area contributed by atoms with E-state index >= 15 is 0 Å². The van der Waals surface area contributed by atoms with Crippen LogP contribution in [0.15, 0.2) is 45.6 Å². The quantitative estimate of drug-likeness (QED) is 0.159. The highest BCUT2D eigenvalue weighted by atomic mass is 16.7. The molecule has 10 atom stereocenters. The number of benzene rings is 2. The van der Waals surface area contributed by atoms with Gasteiger partial charge in [0.05, 0.1) is 12.7 Å². The highest BCUT2D eigenvalue weighted by Gasteiger charge is 2.47. The lowest BCUT2D eigenvalue weighted by Crippen LogP contribution is -2.61. The van der Waals surface area contributed by atoms with Crippen LogP contribution in [0.2, 0.25) is 0 Å². The Morgan fingerprint density at radius 3 is 2.10 bits per heavy atom. The Balaban J connectivity index is 1.46. The molecule has 0 spiro atoms. The zero-order valence-corrected chi connectivity index (χ0v) is 21.9. The van der Waals surface area contributed by atoms with Crippen LogP contribution in [0.3, 0.4) is 0 Å². The number of rotatable bonds is 6. The third kappa shape index (κ3) is 5.49. The fraction of sp³-hybridized carbons (Fsp3) is 0.444. The Morgan fingerprint density at radius 1 is 0.762 bits per heavy atom. The topological polar surface area (TPSA) is 249 Å². The summed E-state index contributed by atoms with van der Waals surface area (Å²) in [6.07, 6.45) is -15.8. The first kappa shape index (κ1) is 30.0. The molecule has 15 nitrogen and oxygen atoms in total. The monoisotopic (exact) mass is 594 g/mol. The fourth-order valence-electron chi connectivity index (χ4n) is 4.79. The second kappa shape index (κ2) is 11.6. The summed E-state index contributed by atoms with van der Waals surface area (Å²) in [5.74, 6) is -1.97. The lowest BCUT2D eigenvalue weighted by molar-refractivity contribution is -0.318. The lowest BCUT2D eigenvalue weighted by atomic mass is 9.98. The van der Waals surface area contributed by atoms with E-state index in [0.717, 1.165) is 12.1 Å². The molecule has 0 unspecified atom stereocenters. The second-order valence-electron chi connectivity index (χ2n) is 10.1. The molecular weight excluding hydrogens is 564 g/mol. The molecule has 2 saturated heterocycles. The Labute approximate surface area is 236 Å². The highest BCUT2D eigenvalue weighted by molar-refractivity contribution is 5.88. The summed E-state index contributed by atoms with van der Waals surface area (Å²) in [5.41, 5.74) is -0.956. The van der Waals surface area contributed by atoms with Crippen molar-refractivity contribution in [1.29, 1.82) is 0 Å². The van der Waals surface area contributed by atoms with E-state index in [1.54, 1.807) is 0 Å². The Bertz CT molecular complexity index is 1470. The number of ether oxygens (including phenoxy) is 4. The van der Waals surface area contributed by atoms with Gasteiger partial charge in [0.15, 0.2) is 12.1 Å². The average Bonchev–Trinajstić information content (AvgIpc) is 2.95. The van der Waals surface area contributed by atoms with Crippen LogP contribution in [0.4, 0.5) is 0 Å². The predicted octanol–water partition coefficient (Wildman–Crippen LogP) is -1.39. The lowest BCUT2D eigenvalue weighted by Gasteiger charge is -2.42. The summed E-state index contributed by atoms with van der Waals surface area (Å²) in [6, 6.07) is 7.33. The summed E-state index contributed by atoms with van der Waals surface area (Å²) >= 11 is 0. The van der Waals surface area contributed by atoms with Gasteiger partial charge in [-0.3, -0.25) is 4.79 Å². The zero-order chi connectivity index (χ0) is 30.5. The molecule has 15 heteroatoms. The first-order valence-corrected chi connectivity index (χ1v) is 12.9. The molecule has 0 aliphatic carbocycles. The zero-order valence-electron chi connectivity index (χ0n) is 21.9. The van der Waals surface area contributed by atoms with Crippen LogP contribution in [-0.2, 0) is 14.2 Å². The maximum Gasteiger partial charge on any atom is 0.239 e. The smallest absolute Gasteiger partial charge is 0.239 e. The molecule has 0 bridgehead atoms. The minimum atomic E-state index is -1.92. The van der Waals surface area contributed by atoms with E-state index < -0.39 is 90.7 Å². The van der Waals surface area contributed by atoms with E-state index in [9.17, 15) is 50.8 Å². The highest BCUT2D eigenvalue weighted by Crippen LogP contribution is 2.37. The molecule has 5 rings (SSSR count). The van der Waals surface area contributed by atoms with Gasteiger partial charge in [-0.25, -0.2) is 0 Å². The Hall–Kier alpha value is -3.51. The van der Waals surface area contributed by atoms with Gasteiger partial charge in [-0.05, 0) is 31.2 Å². The number of hydrogen-bond acceptors (Lipinski definition) is 15. The SMILES string of the molecule is C[C@@H]1O[C@@H](OC[C@H]2O[C@@H](Oc3c(-c4ccc(O)cc4)oc4cc(O)cc(O)c4c3=O)[C@H](O)[C@@H](O)[C@@H]2O)[C@H](O)[C@@H](O)[C@@H]1O. The van der Waals surface area contributed by atoms with E-state index in [2.05, 4.69) is 0 Å². The van der Waals surface area contributed by atoms with E-state index in [4.69, 9.17) is 23.4 Å². The number of fused-ring (bicyclic) bond motifs is 1. The standard InChI is InChI=1S/C27H30O15/c1-9-17(31)20(34)22(36)26(39-9)38-8-15-18(32)21(35)23(37)27(41-15)42-25-19(33)16-13(30)6-12(29)7-14(16)40-24(25)10-2-4-11(28)5-3-10/h2-7,9,15,17-18,20-23,26-32,34-37H,8H2,1H3/t9-,15+,17+,18+,20-,21-,22+,23+,26+,27-/m0/s1. The van der Waals surface area contributed by atoms with Crippen LogP contribution in [0.25, 0.3) is 22.3 Å². The van der Waals surface area contributed by atoms with Gasteiger partial charge < -0.3 is 69.3 Å². The van der Waals surface area contributed by atoms with Crippen molar-refractivity contribution < 1.29 is 69.3 Å². The minimum Gasteiger partial charge on any atom is -0.508 e. The van der Waals surface area contributed by atoms with Gasteiger partial charge in [0.1, 0.15) is 70.9 Å². The number of hydrogen-bond donors (Lipinski definition) is 9. The van der Waals surface area contributed by atoms with Crippen molar-refractivity contribution in [3.8, 4) is 34.3 Å². The molecule has 1 aromatic heterocycles. The number of aliphatic hydroxyl groups is 6. The minimum absolute atomic E-state index is 0.103. The molecule has 228 valence electrons. The van der Waals surface area contributed by atoms with Gasteiger partial charge in [0.2, 0.25) is 17.5 Å². The third-order valence-electron chi connectivity index (χ3n) is 7.18. The maximum atomic E-state index is 13.5. The molecule has 2 aliphatic heterocycles. The summed E-state index contributed by atoms with van der Waals surface area (Å²) < 4.78 is 28.0. The number of aliphatic hydroxyl groups excluding tert-OH is 6. The molecule has 2 fully saturated rings. The van der Waals surface area contributed by atoms with Gasteiger partial charge in [-0.1, -0.05) is 0 Å². The molecule has 42 heavy (non-hydrogen) atoms. The van der Waals surface area contributed by atoms with Crippen LogP contribution >= 0.6 is 0 Å². The first-order chi connectivity index (χ1) is 19.9. The predicted molar refractivity (Wildman–Crippen MR) is 139 cm³/mol. The second-order valence-corrected chi connectivity index (χ2v) is 10.1. The molecule has 3 aromatic rings. The van der Waals surface area contributed by atoms with E-state index in [-0.39, 0.29) is 28.0 Å². The van der Waals surface area contributed by atoms with Crippen molar-refractivity contribution in [1.82, 2.24) is 0 Å². The van der Waals surface area contributed by atoms with Gasteiger partial charge in [-0.15, -0.1) is 0 Å². The van der Waals surface area contributed by atoms with E-state index in [0.29, 0.717) is 0 Å². The molecule has 3 heterocycles.